The highest BCUT2D eigenvalue weighted by atomic mass is 16.5. The van der Waals surface area contributed by atoms with E-state index in [-0.39, 0.29) is 11.9 Å². The number of carbonyl (C=O) groups excluding carboxylic acids is 1. The summed E-state index contributed by atoms with van der Waals surface area (Å²) in [5.41, 5.74) is 3.82. The van der Waals surface area contributed by atoms with E-state index in [0.29, 0.717) is 23.7 Å². The summed E-state index contributed by atoms with van der Waals surface area (Å²) in [5, 5.41) is 3.07. The van der Waals surface area contributed by atoms with Gasteiger partial charge in [0.2, 0.25) is 0 Å². The van der Waals surface area contributed by atoms with Crippen molar-refractivity contribution in [1.29, 1.82) is 0 Å². The van der Waals surface area contributed by atoms with Crippen LogP contribution in [0.4, 0.5) is 0 Å². The number of ether oxygens (including phenoxy) is 2. The molecule has 1 atom stereocenters. The molecule has 0 saturated heterocycles. The average Bonchev–Trinajstić information content (AvgIpc) is 2.86. The van der Waals surface area contributed by atoms with E-state index < -0.39 is 0 Å². The van der Waals surface area contributed by atoms with Gasteiger partial charge in [0.05, 0.1) is 13.2 Å². The second-order valence-electron chi connectivity index (χ2n) is 7.91. The van der Waals surface area contributed by atoms with Gasteiger partial charge >= 0.3 is 0 Å². The van der Waals surface area contributed by atoms with Gasteiger partial charge in [-0.2, -0.15) is 0 Å². The van der Waals surface area contributed by atoms with Gasteiger partial charge in [-0.05, 0) is 73.1 Å². The number of benzene rings is 2. The van der Waals surface area contributed by atoms with E-state index in [0.717, 1.165) is 30.8 Å². The highest BCUT2D eigenvalue weighted by Gasteiger charge is 2.15. The van der Waals surface area contributed by atoms with Crippen molar-refractivity contribution < 1.29 is 14.3 Å². The van der Waals surface area contributed by atoms with E-state index in [1.807, 2.05) is 61.5 Å². The van der Waals surface area contributed by atoms with E-state index >= 15 is 0 Å². The summed E-state index contributed by atoms with van der Waals surface area (Å²) < 4.78 is 11.4. The number of hydrogen-bond donors (Lipinski definition) is 1. The van der Waals surface area contributed by atoms with E-state index in [2.05, 4.69) is 29.0 Å². The molecule has 1 aromatic heterocycles. The number of nitrogens with zero attached hydrogens (tertiary/aromatic N) is 2. The van der Waals surface area contributed by atoms with Crippen LogP contribution >= 0.6 is 0 Å². The molecule has 0 aliphatic carbocycles. The summed E-state index contributed by atoms with van der Waals surface area (Å²) in [6.07, 6.45) is 3.48. The van der Waals surface area contributed by atoms with Crippen LogP contribution < -0.4 is 14.8 Å². The molecule has 0 saturated carbocycles. The lowest BCUT2D eigenvalue weighted by molar-refractivity contribution is 0.0940. The molecule has 6 heteroatoms. The zero-order chi connectivity index (χ0) is 23.6. The Bertz CT molecular complexity index is 1020. The standard InChI is InChI=1S/C27H33N3O3/c1-5-30(6-2)18-21-7-9-23(10-8-21)27(31)29-20(3)24-11-12-25(26(17-24)32-4)33-19-22-13-15-28-16-14-22/h7-17,20H,5-6,18-19H2,1-4H3,(H,29,31). The molecule has 1 heterocycles. The fourth-order valence-corrected chi connectivity index (χ4v) is 3.54. The van der Waals surface area contributed by atoms with Gasteiger partial charge in [-0.15, -0.1) is 0 Å². The van der Waals surface area contributed by atoms with Crippen LogP contribution in [-0.2, 0) is 13.2 Å². The molecule has 0 fully saturated rings. The van der Waals surface area contributed by atoms with Crippen LogP contribution in [0.2, 0.25) is 0 Å². The van der Waals surface area contributed by atoms with Crippen molar-refractivity contribution in [3.63, 3.8) is 0 Å². The Hall–Kier alpha value is -3.38. The lowest BCUT2D eigenvalue weighted by Gasteiger charge is -2.19. The monoisotopic (exact) mass is 447 g/mol. The molecule has 3 aromatic rings. The lowest BCUT2D eigenvalue weighted by atomic mass is 10.1. The third-order valence-electron chi connectivity index (χ3n) is 5.70. The highest BCUT2D eigenvalue weighted by Crippen LogP contribution is 2.31. The van der Waals surface area contributed by atoms with E-state index in [1.54, 1.807) is 19.5 Å². The number of rotatable bonds is 11. The second-order valence-corrected chi connectivity index (χ2v) is 7.91. The topological polar surface area (TPSA) is 63.7 Å². The van der Waals surface area contributed by atoms with E-state index in [9.17, 15) is 4.79 Å². The number of methoxy groups -OCH3 is 1. The van der Waals surface area contributed by atoms with E-state index in [1.165, 1.54) is 5.56 Å². The third-order valence-corrected chi connectivity index (χ3v) is 5.70. The summed E-state index contributed by atoms with van der Waals surface area (Å²) in [4.78, 5) is 19.1. The molecular formula is C27H33N3O3. The van der Waals surface area contributed by atoms with Crippen LogP contribution in [-0.4, -0.2) is 36.0 Å². The SMILES string of the molecule is CCN(CC)Cc1ccc(C(=O)NC(C)c2ccc(OCc3ccncc3)c(OC)c2)cc1. The maximum atomic E-state index is 12.8. The number of pyridine rings is 1. The fraction of sp³-hybridized carbons (Fsp3) is 0.333. The van der Waals surface area contributed by atoms with Crippen molar-refractivity contribution >= 4 is 5.91 Å². The predicted octanol–water partition coefficient (Wildman–Crippen LogP) is 5.00. The Labute approximate surface area is 196 Å². The van der Waals surface area contributed by atoms with Crippen molar-refractivity contribution in [3.8, 4) is 11.5 Å². The second kappa shape index (κ2) is 12.0. The molecule has 174 valence electrons. The van der Waals surface area contributed by atoms with Crippen molar-refractivity contribution in [2.75, 3.05) is 20.2 Å². The Morgan fingerprint density at radius 2 is 1.67 bits per heavy atom. The highest BCUT2D eigenvalue weighted by molar-refractivity contribution is 5.94. The number of hydrogen-bond acceptors (Lipinski definition) is 5. The van der Waals surface area contributed by atoms with Crippen molar-refractivity contribution in [1.82, 2.24) is 15.2 Å². The largest absolute Gasteiger partial charge is 0.493 e. The quantitative estimate of drug-likeness (QED) is 0.448. The first-order valence-corrected chi connectivity index (χ1v) is 11.4. The van der Waals surface area contributed by atoms with Crippen LogP contribution in [0.25, 0.3) is 0 Å². The van der Waals surface area contributed by atoms with Crippen LogP contribution in [0.1, 0.15) is 53.9 Å². The first-order chi connectivity index (χ1) is 16.0. The summed E-state index contributed by atoms with van der Waals surface area (Å²) >= 11 is 0. The summed E-state index contributed by atoms with van der Waals surface area (Å²) in [7, 11) is 1.61. The zero-order valence-electron chi connectivity index (χ0n) is 19.9. The Morgan fingerprint density at radius 1 is 0.970 bits per heavy atom. The summed E-state index contributed by atoms with van der Waals surface area (Å²) in [6.45, 7) is 9.59. The summed E-state index contributed by atoms with van der Waals surface area (Å²) in [5.74, 6) is 1.18. The fourth-order valence-electron chi connectivity index (χ4n) is 3.54. The molecule has 1 unspecified atom stereocenters. The predicted molar refractivity (Wildman–Crippen MR) is 131 cm³/mol. The van der Waals surface area contributed by atoms with Crippen LogP contribution in [0.3, 0.4) is 0 Å². The third kappa shape index (κ3) is 6.80. The van der Waals surface area contributed by atoms with Crippen LogP contribution in [0, 0.1) is 0 Å². The number of aromatic nitrogens is 1. The summed E-state index contributed by atoms with van der Waals surface area (Å²) in [6, 6.07) is 17.2. The van der Waals surface area contributed by atoms with Gasteiger partial charge < -0.3 is 14.8 Å². The van der Waals surface area contributed by atoms with Gasteiger partial charge in [-0.1, -0.05) is 32.0 Å². The molecule has 0 radical (unpaired) electrons. The first-order valence-electron chi connectivity index (χ1n) is 11.4. The minimum atomic E-state index is -0.184. The first kappa shape index (κ1) is 24.3. The minimum absolute atomic E-state index is 0.103. The zero-order valence-corrected chi connectivity index (χ0v) is 19.9. The van der Waals surface area contributed by atoms with Crippen molar-refractivity contribution in [2.45, 2.75) is 40.0 Å². The number of amides is 1. The van der Waals surface area contributed by atoms with Gasteiger partial charge in [0.15, 0.2) is 11.5 Å². The van der Waals surface area contributed by atoms with Crippen LogP contribution in [0.5, 0.6) is 11.5 Å². The molecule has 3 rings (SSSR count). The maximum Gasteiger partial charge on any atom is 0.251 e. The van der Waals surface area contributed by atoms with Gasteiger partial charge in [-0.3, -0.25) is 14.7 Å². The normalized spacial score (nSPS) is 11.8. The van der Waals surface area contributed by atoms with Crippen LogP contribution in [0.15, 0.2) is 67.0 Å². The molecule has 1 amide bonds. The molecule has 1 N–H and O–H groups in total. The van der Waals surface area contributed by atoms with E-state index in [4.69, 9.17) is 9.47 Å². The lowest BCUT2D eigenvalue weighted by Crippen LogP contribution is -2.26. The number of carbonyl (C=O) groups is 1. The number of nitrogens with one attached hydrogen (secondary N) is 1. The molecule has 0 spiro atoms. The van der Waals surface area contributed by atoms with Crippen molar-refractivity contribution in [3.05, 3.63) is 89.2 Å². The Morgan fingerprint density at radius 3 is 2.30 bits per heavy atom. The van der Waals surface area contributed by atoms with Gasteiger partial charge in [0, 0.05) is 24.5 Å². The molecule has 33 heavy (non-hydrogen) atoms. The molecule has 2 aromatic carbocycles. The minimum Gasteiger partial charge on any atom is -0.493 e. The molecule has 0 aliphatic heterocycles. The molecular weight excluding hydrogens is 414 g/mol. The van der Waals surface area contributed by atoms with Gasteiger partial charge in [0.1, 0.15) is 6.61 Å². The smallest absolute Gasteiger partial charge is 0.251 e. The maximum absolute atomic E-state index is 12.8. The Balaban J connectivity index is 1.62. The van der Waals surface area contributed by atoms with Gasteiger partial charge in [0.25, 0.3) is 5.91 Å². The average molecular weight is 448 g/mol. The molecule has 6 nitrogen and oxygen atoms in total. The van der Waals surface area contributed by atoms with Gasteiger partial charge in [-0.25, -0.2) is 0 Å². The van der Waals surface area contributed by atoms with Crippen molar-refractivity contribution in [2.24, 2.45) is 0 Å². The molecule has 0 bridgehead atoms. The molecule has 0 aliphatic rings. The Kier molecular flexibility index (Phi) is 8.84.